The summed E-state index contributed by atoms with van der Waals surface area (Å²) in [7, 11) is 0. The molecular formula is C23H24FN3O2. The Labute approximate surface area is 168 Å². The number of pyridine rings is 1. The summed E-state index contributed by atoms with van der Waals surface area (Å²) in [6.45, 7) is 4.85. The van der Waals surface area contributed by atoms with Gasteiger partial charge in [-0.1, -0.05) is 37.3 Å². The number of fused-ring (bicyclic) bond motifs is 1. The number of aromatic hydroxyl groups is 1. The third-order valence-corrected chi connectivity index (χ3v) is 5.64. The Morgan fingerprint density at radius 2 is 1.90 bits per heavy atom. The molecule has 0 amide bonds. The molecule has 1 N–H and O–H groups in total. The topological polar surface area (TPSA) is 57.8 Å². The molecule has 0 bridgehead atoms. The molecular weight excluding hydrogens is 369 g/mol. The molecule has 29 heavy (non-hydrogen) atoms. The average Bonchev–Trinajstić information content (AvgIpc) is 3.19. The van der Waals surface area contributed by atoms with Crippen molar-refractivity contribution in [2.24, 2.45) is 4.99 Å². The van der Waals surface area contributed by atoms with Crippen LogP contribution in [0.15, 0.2) is 58.3 Å². The number of hydrogen-bond donors (Lipinski definition) is 1. The highest BCUT2D eigenvalue weighted by Crippen LogP contribution is 2.27. The van der Waals surface area contributed by atoms with Gasteiger partial charge in [0.25, 0.3) is 5.56 Å². The highest BCUT2D eigenvalue weighted by molar-refractivity contribution is 6.01. The quantitative estimate of drug-likeness (QED) is 0.672. The number of likely N-dealkylation sites (N-methyl/N-ethyl adjacent to an activating group) is 1. The van der Waals surface area contributed by atoms with Crippen molar-refractivity contribution in [1.29, 1.82) is 0 Å². The lowest BCUT2D eigenvalue weighted by Gasteiger charge is -2.20. The number of aliphatic imine (C=N–C) groups is 1. The summed E-state index contributed by atoms with van der Waals surface area (Å²) < 4.78 is 15.4. The van der Waals surface area contributed by atoms with Crippen LogP contribution in [0.25, 0.3) is 16.5 Å². The largest absolute Gasteiger partial charge is 0.494 e. The first-order valence-electron chi connectivity index (χ1n) is 9.97. The van der Waals surface area contributed by atoms with Crippen LogP contribution in [0, 0.1) is 5.82 Å². The summed E-state index contributed by atoms with van der Waals surface area (Å²) in [5.74, 6) is -0.881. The lowest BCUT2D eigenvalue weighted by molar-refractivity contribution is 0.273. The number of likely N-dealkylation sites (tertiary alicyclic amines) is 1. The van der Waals surface area contributed by atoms with Crippen LogP contribution in [0.2, 0.25) is 0 Å². The second kappa shape index (κ2) is 8.17. The summed E-state index contributed by atoms with van der Waals surface area (Å²) in [6.07, 6.45) is 3.88. The van der Waals surface area contributed by atoms with Crippen molar-refractivity contribution in [3.63, 3.8) is 0 Å². The molecule has 1 aliphatic heterocycles. The molecule has 6 heteroatoms. The van der Waals surface area contributed by atoms with Gasteiger partial charge in [-0.3, -0.25) is 14.7 Å². The van der Waals surface area contributed by atoms with Gasteiger partial charge in [-0.2, -0.15) is 0 Å². The zero-order chi connectivity index (χ0) is 20.4. The molecule has 2 aromatic carbocycles. The summed E-state index contributed by atoms with van der Waals surface area (Å²) in [5.41, 5.74) is -0.0267. The van der Waals surface area contributed by atoms with Crippen LogP contribution >= 0.6 is 0 Å². The summed E-state index contributed by atoms with van der Waals surface area (Å²) in [5, 5.41) is 11.9. The molecule has 1 fully saturated rings. The maximum Gasteiger partial charge on any atom is 0.265 e. The lowest BCUT2D eigenvalue weighted by atomic mass is 10.1. The van der Waals surface area contributed by atoms with Gasteiger partial charge in [0.15, 0.2) is 0 Å². The van der Waals surface area contributed by atoms with Gasteiger partial charge in [-0.05, 0) is 44.1 Å². The van der Waals surface area contributed by atoms with E-state index in [0.717, 1.165) is 24.1 Å². The Kier molecular flexibility index (Phi) is 5.45. The van der Waals surface area contributed by atoms with Crippen LogP contribution < -0.4 is 5.56 Å². The van der Waals surface area contributed by atoms with Gasteiger partial charge < -0.3 is 5.11 Å². The van der Waals surface area contributed by atoms with Crippen molar-refractivity contribution in [3.8, 4) is 11.6 Å². The predicted molar refractivity (Wildman–Crippen MR) is 114 cm³/mol. The van der Waals surface area contributed by atoms with Crippen molar-refractivity contribution in [2.75, 3.05) is 19.6 Å². The van der Waals surface area contributed by atoms with Gasteiger partial charge in [0.1, 0.15) is 5.82 Å². The van der Waals surface area contributed by atoms with Crippen LogP contribution in [0.5, 0.6) is 5.88 Å². The van der Waals surface area contributed by atoms with Gasteiger partial charge >= 0.3 is 0 Å². The molecule has 3 aromatic rings. The van der Waals surface area contributed by atoms with Crippen molar-refractivity contribution in [1.82, 2.24) is 9.47 Å². The molecule has 1 aromatic heterocycles. The molecule has 150 valence electrons. The van der Waals surface area contributed by atoms with Gasteiger partial charge in [-0.25, -0.2) is 8.96 Å². The SMILES string of the molecule is CCN1CCC[C@H]1CN=Cc1c(O)n(-c2ccccc2F)c(=O)c2ccccc12. The zero-order valence-corrected chi connectivity index (χ0v) is 16.4. The summed E-state index contributed by atoms with van der Waals surface area (Å²) in [4.78, 5) is 20.0. The number of benzene rings is 2. The van der Waals surface area contributed by atoms with Crippen molar-refractivity contribution in [3.05, 3.63) is 70.3 Å². The van der Waals surface area contributed by atoms with Crippen molar-refractivity contribution in [2.45, 2.75) is 25.8 Å². The number of para-hydroxylation sites is 1. The van der Waals surface area contributed by atoms with E-state index in [2.05, 4.69) is 16.8 Å². The second-order valence-corrected chi connectivity index (χ2v) is 7.29. The maximum atomic E-state index is 14.4. The fraction of sp³-hybridized carbons (Fsp3) is 0.304. The minimum Gasteiger partial charge on any atom is -0.494 e. The van der Waals surface area contributed by atoms with Crippen LogP contribution in [0.1, 0.15) is 25.3 Å². The Morgan fingerprint density at radius 3 is 2.66 bits per heavy atom. The standard InChI is InChI=1S/C23H24FN3O2/c1-2-26-13-7-8-16(26)14-25-15-19-17-9-3-4-10-18(17)22(28)27(23(19)29)21-12-6-5-11-20(21)24/h3-6,9-12,15-16,29H,2,7-8,13-14H2,1H3/t16-/m0/s1. The molecule has 0 saturated carbocycles. The number of hydrogen-bond acceptors (Lipinski definition) is 4. The number of nitrogens with zero attached hydrogens (tertiary/aromatic N) is 3. The predicted octanol–water partition coefficient (Wildman–Crippen LogP) is 3.74. The molecule has 0 aliphatic carbocycles. The smallest absolute Gasteiger partial charge is 0.265 e. The third-order valence-electron chi connectivity index (χ3n) is 5.64. The normalized spacial score (nSPS) is 17.5. The number of rotatable bonds is 5. The Morgan fingerprint density at radius 1 is 1.17 bits per heavy atom. The van der Waals surface area contributed by atoms with E-state index in [0.29, 0.717) is 28.9 Å². The first-order valence-corrected chi connectivity index (χ1v) is 9.97. The molecule has 0 unspecified atom stereocenters. The highest BCUT2D eigenvalue weighted by atomic mass is 19.1. The van der Waals surface area contributed by atoms with E-state index in [4.69, 9.17) is 0 Å². The molecule has 5 nitrogen and oxygen atoms in total. The van der Waals surface area contributed by atoms with E-state index in [1.54, 1.807) is 36.5 Å². The third kappa shape index (κ3) is 3.56. The number of halogens is 1. The molecule has 1 aliphatic rings. The molecule has 0 spiro atoms. The number of aromatic nitrogens is 1. The minimum atomic E-state index is -0.576. The van der Waals surface area contributed by atoms with E-state index in [-0.39, 0.29) is 11.6 Å². The first-order chi connectivity index (χ1) is 14.1. The van der Waals surface area contributed by atoms with E-state index >= 15 is 0 Å². The lowest BCUT2D eigenvalue weighted by Crippen LogP contribution is -2.31. The van der Waals surface area contributed by atoms with E-state index in [9.17, 15) is 14.3 Å². The van der Waals surface area contributed by atoms with Gasteiger partial charge in [0.05, 0.1) is 17.8 Å². The molecule has 4 rings (SSSR count). The van der Waals surface area contributed by atoms with E-state index < -0.39 is 11.4 Å². The maximum absolute atomic E-state index is 14.4. The Hall–Kier alpha value is -2.99. The van der Waals surface area contributed by atoms with Crippen LogP contribution in [0.3, 0.4) is 0 Å². The van der Waals surface area contributed by atoms with Crippen molar-refractivity contribution >= 4 is 17.0 Å². The van der Waals surface area contributed by atoms with Crippen LogP contribution in [-0.2, 0) is 0 Å². The molecule has 1 atom stereocenters. The Balaban J connectivity index is 1.82. The van der Waals surface area contributed by atoms with E-state index in [1.807, 2.05) is 6.07 Å². The summed E-state index contributed by atoms with van der Waals surface area (Å²) >= 11 is 0. The zero-order valence-electron chi connectivity index (χ0n) is 16.4. The monoisotopic (exact) mass is 393 g/mol. The molecule has 0 radical (unpaired) electrons. The summed E-state index contributed by atoms with van der Waals surface area (Å²) in [6, 6.07) is 13.3. The van der Waals surface area contributed by atoms with Gasteiger partial charge in [0, 0.05) is 23.0 Å². The van der Waals surface area contributed by atoms with Crippen LogP contribution in [-0.4, -0.2) is 46.5 Å². The van der Waals surface area contributed by atoms with Crippen LogP contribution in [0.4, 0.5) is 4.39 Å². The van der Waals surface area contributed by atoms with Crippen molar-refractivity contribution < 1.29 is 9.50 Å². The molecule has 1 saturated heterocycles. The average molecular weight is 393 g/mol. The molecule has 2 heterocycles. The van der Waals surface area contributed by atoms with Gasteiger partial charge in [-0.15, -0.1) is 0 Å². The highest BCUT2D eigenvalue weighted by Gasteiger charge is 2.22. The second-order valence-electron chi connectivity index (χ2n) is 7.29. The van der Waals surface area contributed by atoms with Gasteiger partial charge in [0.2, 0.25) is 5.88 Å². The fourth-order valence-electron chi connectivity index (χ4n) is 4.13. The van der Waals surface area contributed by atoms with E-state index in [1.165, 1.54) is 18.6 Å². The minimum absolute atomic E-state index is 0.0170. The first kappa shape index (κ1) is 19.3. The fourth-order valence-corrected chi connectivity index (χ4v) is 4.13. The Bertz CT molecular complexity index is 1120.